The Bertz CT molecular complexity index is 175. The summed E-state index contributed by atoms with van der Waals surface area (Å²) in [6.07, 6.45) is 7.46. The molecule has 0 radical (unpaired) electrons. The third-order valence-corrected chi connectivity index (χ3v) is 4.70. The molecule has 0 spiro atoms. The second kappa shape index (κ2) is 6.77. The summed E-state index contributed by atoms with van der Waals surface area (Å²) >= 11 is 1.92. The van der Waals surface area contributed by atoms with E-state index in [-0.39, 0.29) is 0 Å². The van der Waals surface area contributed by atoms with Gasteiger partial charge in [-0.1, -0.05) is 20.3 Å². The standard InChI is InChI=1S/C12H26N2S/c1-9-4-5-11(8-10(9)2)12(14-13)6-7-15-3/h9-12,14H,4-8,13H2,1-3H3. The van der Waals surface area contributed by atoms with Gasteiger partial charge in [-0.3, -0.25) is 11.3 Å². The van der Waals surface area contributed by atoms with E-state index in [9.17, 15) is 0 Å². The van der Waals surface area contributed by atoms with Crippen molar-refractivity contribution < 1.29 is 0 Å². The minimum atomic E-state index is 0.535. The quantitative estimate of drug-likeness (QED) is 0.563. The van der Waals surface area contributed by atoms with Gasteiger partial charge in [-0.2, -0.15) is 11.8 Å². The minimum Gasteiger partial charge on any atom is -0.271 e. The van der Waals surface area contributed by atoms with Gasteiger partial charge in [0, 0.05) is 6.04 Å². The molecule has 0 aromatic rings. The highest BCUT2D eigenvalue weighted by molar-refractivity contribution is 7.98. The van der Waals surface area contributed by atoms with Crippen LogP contribution in [0.25, 0.3) is 0 Å². The van der Waals surface area contributed by atoms with Crippen LogP contribution in [-0.2, 0) is 0 Å². The van der Waals surface area contributed by atoms with Crippen molar-refractivity contribution in [1.82, 2.24) is 5.43 Å². The van der Waals surface area contributed by atoms with Crippen molar-refractivity contribution in [1.29, 1.82) is 0 Å². The lowest BCUT2D eigenvalue weighted by molar-refractivity contribution is 0.169. The van der Waals surface area contributed by atoms with Crippen molar-refractivity contribution in [3.8, 4) is 0 Å². The Morgan fingerprint density at radius 3 is 2.60 bits per heavy atom. The van der Waals surface area contributed by atoms with E-state index in [0.717, 1.165) is 17.8 Å². The molecule has 1 saturated carbocycles. The molecule has 3 N–H and O–H groups in total. The maximum absolute atomic E-state index is 5.67. The first-order valence-corrected chi connectivity index (χ1v) is 7.53. The summed E-state index contributed by atoms with van der Waals surface area (Å²) < 4.78 is 0. The molecule has 3 heteroatoms. The smallest absolute Gasteiger partial charge is 0.0246 e. The summed E-state index contributed by atoms with van der Waals surface area (Å²) in [7, 11) is 0. The Morgan fingerprint density at radius 2 is 2.07 bits per heavy atom. The van der Waals surface area contributed by atoms with E-state index in [2.05, 4.69) is 25.5 Å². The lowest BCUT2D eigenvalue weighted by Crippen LogP contribution is -2.43. The van der Waals surface area contributed by atoms with Gasteiger partial charge >= 0.3 is 0 Å². The maximum Gasteiger partial charge on any atom is 0.0246 e. The fraction of sp³-hybridized carbons (Fsp3) is 1.00. The zero-order chi connectivity index (χ0) is 11.3. The van der Waals surface area contributed by atoms with Gasteiger partial charge in [-0.15, -0.1) is 0 Å². The first-order chi connectivity index (χ1) is 7.19. The van der Waals surface area contributed by atoms with Crippen LogP contribution in [0.4, 0.5) is 0 Å². The van der Waals surface area contributed by atoms with Gasteiger partial charge in [-0.05, 0) is 49.0 Å². The number of hydrogen-bond acceptors (Lipinski definition) is 3. The molecule has 0 bridgehead atoms. The predicted molar refractivity (Wildman–Crippen MR) is 69.8 cm³/mol. The van der Waals surface area contributed by atoms with E-state index in [1.807, 2.05) is 11.8 Å². The number of hydrogen-bond donors (Lipinski definition) is 2. The molecule has 1 rings (SSSR count). The van der Waals surface area contributed by atoms with Crippen molar-refractivity contribution in [3.63, 3.8) is 0 Å². The van der Waals surface area contributed by atoms with Gasteiger partial charge in [0.15, 0.2) is 0 Å². The van der Waals surface area contributed by atoms with Crippen LogP contribution in [0.2, 0.25) is 0 Å². The highest BCUT2D eigenvalue weighted by atomic mass is 32.2. The molecule has 0 aromatic heterocycles. The van der Waals surface area contributed by atoms with E-state index in [4.69, 9.17) is 5.84 Å². The molecule has 4 unspecified atom stereocenters. The summed E-state index contributed by atoms with van der Waals surface area (Å²) in [5.41, 5.74) is 3.03. The highest BCUT2D eigenvalue weighted by Gasteiger charge is 2.29. The van der Waals surface area contributed by atoms with E-state index in [0.29, 0.717) is 6.04 Å². The molecule has 2 nitrogen and oxygen atoms in total. The molecular weight excluding hydrogens is 204 g/mol. The van der Waals surface area contributed by atoms with Crippen LogP contribution in [0.1, 0.15) is 39.5 Å². The number of thioether (sulfide) groups is 1. The molecule has 4 atom stereocenters. The van der Waals surface area contributed by atoms with Crippen LogP contribution >= 0.6 is 11.8 Å². The molecule has 15 heavy (non-hydrogen) atoms. The van der Waals surface area contributed by atoms with Gasteiger partial charge in [-0.25, -0.2) is 0 Å². The summed E-state index contributed by atoms with van der Waals surface area (Å²) in [5, 5.41) is 0. The van der Waals surface area contributed by atoms with Crippen LogP contribution in [-0.4, -0.2) is 18.1 Å². The third kappa shape index (κ3) is 3.97. The van der Waals surface area contributed by atoms with Crippen molar-refractivity contribution in [2.45, 2.75) is 45.6 Å². The highest BCUT2D eigenvalue weighted by Crippen LogP contribution is 2.35. The van der Waals surface area contributed by atoms with E-state index in [1.165, 1.54) is 31.4 Å². The van der Waals surface area contributed by atoms with Gasteiger partial charge in [0.05, 0.1) is 0 Å². The Balaban J connectivity index is 2.39. The second-order valence-electron chi connectivity index (χ2n) is 5.08. The molecule has 0 aromatic carbocycles. The van der Waals surface area contributed by atoms with E-state index >= 15 is 0 Å². The van der Waals surface area contributed by atoms with Crippen LogP contribution in [0.3, 0.4) is 0 Å². The fourth-order valence-corrected chi connectivity index (χ4v) is 3.14. The SMILES string of the molecule is CSCCC(NN)C1CCC(C)C(C)C1. The van der Waals surface area contributed by atoms with Gasteiger partial charge in [0.25, 0.3) is 0 Å². The van der Waals surface area contributed by atoms with Gasteiger partial charge < -0.3 is 0 Å². The van der Waals surface area contributed by atoms with Gasteiger partial charge in [0.2, 0.25) is 0 Å². The lowest BCUT2D eigenvalue weighted by atomic mass is 9.73. The topological polar surface area (TPSA) is 38.0 Å². The first-order valence-electron chi connectivity index (χ1n) is 6.14. The van der Waals surface area contributed by atoms with Crippen LogP contribution in [0.5, 0.6) is 0 Å². The molecule has 0 aliphatic heterocycles. The minimum absolute atomic E-state index is 0.535. The number of nitrogens with one attached hydrogen (secondary N) is 1. The lowest BCUT2D eigenvalue weighted by Gasteiger charge is -2.36. The third-order valence-electron chi connectivity index (χ3n) is 4.05. The number of nitrogens with two attached hydrogens (primary N) is 1. The average Bonchev–Trinajstić information content (AvgIpc) is 2.24. The van der Waals surface area contributed by atoms with Crippen LogP contribution in [0, 0.1) is 17.8 Å². The Hall–Kier alpha value is 0.270. The Morgan fingerprint density at radius 1 is 1.33 bits per heavy atom. The van der Waals surface area contributed by atoms with Gasteiger partial charge in [0.1, 0.15) is 0 Å². The fourth-order valence-electron chi connectivity index (χ4n) is 2.65. The Labute approximate surface area is 98.7 Å². The molecule has 0 saturated heterocycles. The zero-order valence-corrected chi connectivity index (χ0v) is 11.1. The Kier molecular flexibility index (Phi) is 6.02. The van der Waals surface area contributed by atoms with Crippen molar-refractivity contribution in [2.75, 3.05) is 12.0 Å². The first kappa shape index (κ1) is 13.3. The molecule has 90 valence electrons. The second-order valence-corrected chi connectivity index (χ2v) is 6.07. The average molecular weight is 230 g/mol. The maximum atomic E-state index is 5.67. The number of rotatable bonds is 5. The van der Waals surface area contributed by atoms with E-state index < -0.39 is 0 Å². The molecule has 0 amide bonds. The zero-order valence-electron chi connectivity index (χ0n) is 10.3. The summed E-state index contributed by atoms with van der Waals surface area (Å²) in [5.74, 6) is 9.45. The van der Waals surface area contributed by atoms with Crippen molar-refractivity contribution >= 4 is 11.8 Å². The van der Waals surface area contributed by atoms with E-state index in [1.54, 1.807) is 0 Å². The monoisotopic (exact) mass is 230 g/mol. The molecular formula is C12H26N2S. The summed E-state index contributed by atoms with van der Waals surface area (Å²) in [6.45, 7) is 4.77. The molecule has 0 heterocycles. The molecule has 1 aliphatic rings. The normalized spacial score (nSPS) is 34.0. The predicted octanol–water partition coefficient (Wildman–Crippen LogP) is 2.64. The summed E-state index contributed by atoms with van der Waals surface area (Å²) in [6, 6.07) is 0.535. The van der Waals surface area contributed by atoms with Crippen molar-refractivity contribution in [3.05, 3.63) is 0 Å². The molecule has 1 aliphatic carbocycles. The van der Waals surface area contributed by atoms with Crippen LogP contribution < -0.4 is 11.3 Å². The van der Waals surface area contributed by atoms with Crippen LogP contribution in [0.15, 0.2) is 0 Å². The largest absolute Gasteiger partial charge is 0.271 e. The summed E-state index contributed by atoms with van der Waals surface area (Å²) in [4.78, 5) is 0. The number of hydrazine groups is 1. The molecule has 1 fully saturated rings. The van der Waals surface area contributed by atoms with Crippen molar-refractivity contribution in [2.24, 2.45) is 23.6 Å².